The van der Waals surface area contributed by atoms with Gasteiger partial charge in [0, 0.05) is 18.6 Å². The lowest BCUT2D eigenvalue weighted by atomic mass is 9.99. The normalized spacial score (nSPS) is 14.3. The Kier molecular flexibility index (Phi) is 5.81. The zero-order valence-corrected chi connectivity index (χ0v) is 13.9. The Morgan fingerprint density at radius 2 is 1.87 bits per heavy atom. The van der Waals surface area contributed by atoms with Crippen LogP contribution in [0.4, 0.5) is 18.9 Å². The van der Waals surface area contributed by atoms with Gasteiger partial charge in [-0.3, -0.25) is 10.1 Å². The smallest absolute Gasteiger partial charge is 0.416 e. The van der Waals surface area contributed by atoms with Crippen molar-refractivity contribution >= 4 is 23.3 Å². The molecule has 1 aromatic carbocycles. The second-order valence-electron chi connectivity index (χ2n) is 5.89. The molecule has 1 atom stereocenters. The molecule has 0 saturated carbocycles. The molecule has 5 nitrogen and oxygen atoms in total. The second kappa shape index (κ2) is 6.88. The molecule has 0 unspecified atom stereocenters. The summed E-state index contributed by atoms with van der Waals surface area (Å²) >= 11 is -1.54. The van der Waals surface area contributed by atoms with Gasteiger partial charge in [-0.2, -0.15) is 13.2 Å². The predicted octanol–water partition coefficient (Wildman–Crippen LogP) is 4.00. The molecule has 0 aliphatic heterocycles. The van der Waals surface area contributed by atoms with Crippen LogP contribution in [-0.4, -0.2) is 20.4 Å². The molecule has 23 heavy (non-hydrogen) atoms. The van der Waals surface area contributed by atoms with E-state index in [4.69, 9.17) is 0 Å². The van der Waals surface area contributed by atoms with Crippen molar-refractivity contribution in [2.75, 3.05) is 0 Å². The van der Waals surface area contributed by atoms with Gasteiger partial charge in [-0.05, 0) is 38.8 Å². The maximum absolute atomic E-state index is 13.0. The van der Waals surface area contributed by atoms with Crippen LogP contribution in [0.5, 0.6) is 0 Å². The molecule has 0 radical (unpaired) electrons. The summed E-state index contributed by atoms with van der Waals surface area (Å²) in [5.74, 6) is 0. The van der Waals surface area contributed by atoms with E-state index in [9.17, 15) is 27.8 Å². The van der Waals surface area contributed by atoms with E-state index < -0.39 is 38.5 Å². The summed E-state index contributed by atoms with van der Waals surface area (Å²) < 4.78 is 53.9. The molecule has 0 fully saturated rings. The lowest BCUT2D eigenvalue weighted by molar-refractivity contribution is -0.385. The van der Waals surface area contributed by atoms with Gasteiger partial charge in [-0.25, -0.2) is 0 Å². The van der Waals surface area contributed by atoms with E-state index in [1.165, 1.54) is 13.1 Å². The lowest BCUT2D eigenvalue weighted by Crippen LogP contribution is -2.25. The highest BCUT2D eigenvalue weighted by molar-refractivity contribution is 7.91. The predicted molar refractivity (Wildman–Crippen MR) is 82.9 cm³/mol. The molecule has 0 heterocycles. The zero-order valence-electron chi connectivity index (χ0n) is 13.1. The number of nitro groups is 1. The van der Waals surface area contributed by atoms with Crippen molar-refractivity contribution in [1.82, 2.24) is 0 Å². The Morgan fingerprint density at radius 1 is 1.30 bits per heavy atom. The second-order valence-corrected chi connectivity index (χ2v) is 7.82. The fourth-order valence-corrected chi connectivity index (χ4v) is 2.26. The van der Waals surface area contributed by atoms with Gasteiger partial charge in [0.15, 0.2) is 0 Å². The number of halogens is 3. The molecule has 0 amide bonds. The highest BCUT2D eigenvalue weighted by atomic mass is 32.2. The van der Waals surface area contributed by atoms with E-state index in [0.717, 1.165) is 6.07 Å². The Labute approximate surface area is 135 Å². The van der Waals surface area contributed by atoms with E-state index >= 15 is 0 Å². The number of benzene rings is 1. The molecular weight excluding hydrogens is 333 g/mol. The van der Waals surface area contributed by atoms with Crippen molar-refractivity contribution in [3.8, 4) is 0 Å². The molecule has 0 aliphatic rings. The molecule has 1 rings (SSSR count). The van der Waals surface area contributed by atoms with Crippen LogP contribution < -0.4 is 0 Å². The highest BCUT2D eigenvalue weighted by Crippen LogP contribution is 2.35. The highest BCUT2D eigenvalue weighted by Gasteiger charge is 2.35. The first kappa shape index (κ1) is 19.4. The first-order valence-corrected chi connectivity index (χ1v) is 7.74. The maximum atomic E-state index is 13.0. The zero-order chi connectivity index (χ0) is 18.0. The summed E-state index contributed by atoms with van der Waals surface area (Å²) in [5, 5.41) is 10.8. The quantitative estimate of drug-likeness (QED) is 0.356. The van der Waals surface area contributed by atoms with Crippen molar-refractivity contribution in [3.05, 3.63) is 38.9 Å². The molecule has 128 valence electrons. The number of hydrogen-bond donors (Lipinski definition) is 0. The fraction of sp³-hybridized carbons (Fsp3) is 0.500. The molecule has 0 aliphatic carbocycles. The average Bonchev–Trinajstić information content (AvgIpc) is 2.37. The molecule has 0 N–H and O–H groups in total. The summed E-state index contributed by atoms with van der Waals surface area (Å²) in [6.07, 6.45) is -3.53. The van der Waals surface area contributed by atoms with Crippen LogP contribution in [0.1, 0.15) is 37.5 Å². The number of rotatable bonds is 4. The van der Waals surface area contributed by atoms with Crippen LogP contribution >= 0.6 is 0 Å². The Hall–Kier alpha value is -1.61. The number of hydrogen-bond acceptors (Lipinski definition) is 4. The fourth-order valence-electron chi connectivity index (χ4n) is 1.73. The third-order valence-corrected chi connectivity index (χ3v) is 4.41. The third-order valence-electron chi connectivity index (χ3n) is 3.02. The monoisotopic (exact) mass is 350 g/mol. The molecule has 0 aromatic heterocycles. The van der Waals surface area contributed by atoms with E-state index in [0.29, 0.717) is 6.07 Å². The molecule has 1 aromatic rings. The maximum Gasteiger partial charge on any atom is 0.416 e. The largest absolute Gasteiger partial charge is 0.591 e. The van der Waals surface area contributed by atoms with Crippen molar-refractivity contribution in [2.24, 2.45) is 4.40 Å². The van der Waals surface area contributed by atoms with Crippen LogP contribution in [0.3, 0.4) is 0 Å². The van der Waals surface area contributed by atoms with Crippen LogP contribution in [0.2, 0.25) is 0 Å². The van der Waals surface area contributed by atoms with Crippen molar-refractivity contribution in [1.29, 1.82) is 0 Å². The van der Waals surface area contributed by atoms with Crippen LogP contribution in [0.15, 0.2) is 16.5 Å². The Bertz CT molecular complexity index is 625. The number of nitrogens with zero attached hydrogens (tertiary/aromatic N) is 2. The van der Waals surface area contributed by atoms with Gasteiger partial charge in [0.1, 0.15) is 16.1 Å². The van der Waals surface area contributed by atoms with E-state index in [1.807, 2.05) is 0 Å². The third kappa shape index (κ3) is 5.21. The van der Waals surface area contributed by atoms with Crippen molar-refractivity contribution < 1.29 is 22.6 Å². The molecular formula is C14H17F3N2O3S. The number of alkyl halides is 3. The van der Waals surface area contributed by atoms with Crippen molar-refractivity contribution in [3.63, 3.8) is 0 Å². The Balaban J connectivity index is 3.18. The van der Waals surface area contributed by atoms with Crippen LogP contribution in [0, 0.1) is 17.0 Å². The van der Waals surface area contributed by atoms with Gasteiger partial charge in [0.25, 0.3) is 5.69 Å². The van der Waals surface area contributed by atoms with Crippen LogP contribution in [-0.2, 0) is 24.0 Å². The minimum Gasteiger partial charge on any atom is -0.591 e. The van der Waals surface area contributed by atoms with Gasteiger partial charge in [0.05, 0.1) is 16.7 Å². The van der Waals surface area contributed by atoms with Crippen LogP contribution in [0.25, 0.3) is 0 Å². The molecule has 0 saturated heterocycles. The summed E-state index contributed by atoms with van der Waals surface area (Å²) in [6.45, 7) is 6.37. The van der Waals surface area contributed by atoms with Crippen molar-refractivity contribution in [2.45, 2.75) is 45.0 Å². The topological polar surface area (TPSA) is 78.6 Å². The minimum atomic E-state index is -4.68. The molecule has 0 spiro atoms. The Morgan fingerprint density at radius 3 is 2.30 bits per heavy atom. The summed E-state index contributed by atoms with van der Waals surface area (Å²) in [7, 11) is 0. The number of nitro benzene ring substituents is 1. The van der Waals surface area contributed by atoms with Gasteiger partial charge in [-0.15, -0.1) is 0 Å². The van der Waals surface area contributed by atoms with E-state index in [2.05, 4.69) is 4.40 Å². The van der Waals surface area contributed by atoms with Gasteiger partial charge < -0.3 is 4.55 Å². The van der Waals surface area contributed by atoms with E-state index in [1.54, 1.807) is 20.8 Å². The average molecular weight is 350 g/mol. The summed E-state index contributed by atoms with van der Waals surface area (Å²) in [5.41, 5.74) is -1.66. The van der Waals surface area contributed by atoms with E-state index in [-0.39, 0.29) is 17.5 Å². The SMILES string of the molecule is Cc1c(C/C=N/[S@+]([O-])C(C)(C)C)cc([N+](=O)[O-])cc1C(F)(F)F. The lowest BCUT2D eigenvalue weighted by Gasteiger charge is -2.18. The summed E-state index contributed by atoms with van der Waals surface area (Å²) in [4.78, 5) is 9.94. The first-order chi connectivity index (χ1) is 10.3. The van der Waals surface area contributed by atoms with Gasteiger partial charge in [-0.1, -0.05) is 4.40 Å². The first-order valence-electron chi connectivity index (χ1n) is 6.63. The summed E-state index contributed by atoms with van der Waals surface area (Å²) in [6, 6.07) is 1.60. The van der Waals surface area contributed by atoms with Gasteiger partial charge >= 0.3 is 6.18 Å². The molecule has 0 bridgehead atoms. The molecule has 9 heteroatoms. The van der Waals surface area contributed by atoms with Gasteiger partial charge in [0.2, 0.25) is 0 Å². The number of non-ortho nitro benzene ring substituents is 1. The minimum absolute atomic E-state index is 0.0710. The standard InChI is InChI=1S/C14H17F3N2O3S/c1-9-10(5-6-18-23(22)13(2,3)4)7-11(19(20)21)8-12(9)14(15,16)17/h6-8H,5H2,1-4H3/b18-6+/t23-/m1/s1.